The molecule has 1 aromatic heterocycles. The van der Waals surface area contributed by atoms with Crippen molar-refractivity contribution in [2.45, 2.75) is 40.3 Å². The van der Waals surface area contributed by atoms with Crippen molar-refractivity contribution in [2.24, 2.45) is 5.92 Å². The highest BCUT2D eigenvalue weighted by molar-refractivity contribution is 7.10. The van der Waals surface area contributed by atoms with Crippen molar-refractivity contribution in [3.8, 4) is 0 Å². The molecule has 0 aliphatic rings. The molecule has 0 aromatic carbocycles. The zero-order valence-electron chi connectivity index (χ0n) is 11.0. The Morgan fingerprint density at radius 2 is 2.12 bits per heavy atom. The van der Waals surface area contributed by atoms with E-state index in [1.807, 2.05) is 6.92 Å². The smallest absolute Gasteiger partial charge is 0.234 e. The molecule has 1 atom stereocenters. The summed E-state index contributed by atoms with van der Waals surface area (Å²) in [7, 11) is 0. The van der Waals surface area contributed by atoms with Crippen molar-refractivity contribution in [3.63, 3.8) is 0 Å². The molecule has 1 heterocycles. The minimum Gasteiger partial charge on any atom is -0.352 e. The molecule has 17 heavy (non-hydrogen) atoms. The Hall–Kier alpha value is -0.870. The number of nitrogens with one attached hydrogen (secondary N) is 2. The van der Waals surface area contributed by atoms with Gasteiger partial charge in [-0.05, 0) is 36.8 Å². The highest BCUT2D eigenvalue weighted by Gasteiger charge is 2.10. The highest BCUT2D eigenvalue weighted by atomic mass is 32.1. The van der Waals surface area contributed by atoms with Gasteiger partial charge in [0, 0.05) is 17.5 Å². The second kappa shape index (κ2) is 6.77. The lowest BCUT2D eigenvalue weighted by Gasteiger charge is -2.17. The standard InChI is InChI=1S/C13H22N2OS/c1-9(2)11(4)15-13(16)8-14-7-12-10(3)5-6-17-12/h5-6,9,11,14H,7-8H2,1-4H3,(H,15,16). The average molecular weight is 254 g/mol. The van der Waals surface area contributed by atoms with Crippen LogP contribution >= 0.6 is 11.3 Å². The van der Waals surface area contributed by atoms with Gasteiger partial charge in [-0.2, -0.15) is 0 Å². The second-order valence-electron chi connectivity index (χ2n) is 4.73. The third-order valence-electron chi connectivity index (χ3n) is 2.93. The lowest BCUT2D eigenvalue weighted by Crippen LogP contribution is -2.41. The number of aryl methyl sites for hydroxylation is 1. The number of rotatable bonds is 6. The fraction of sp³-hybridized carbons (Fsp3) is 0.615. The molecule has 0 bridgehead atoms. The zero-order valence-corrected chi connectivity index (χ0v) is 11.9. The van der Waals surface area contributed by atoms with Crippen LogP contribution in [0.4, 0.5) is 0 Å². The minimum atomic E-state index is 0.0698. The second-order valence-corrected chi connectivity index (χ2v) is 5.73. The molecule has 1 amide bonds. The van der Waals surface area contributed by atoms with Crippen molar-refractivity contribution < 1.29 is 4.79 Å². The average Bonchev–Trinajstić information content (AvgIpc) is 2.64. The lowest BCUT2D eigenvalue weighted by atomic mass is 10.1. The zero-order chi connectivity index (χ0) is 12.8. The summed E-state index contributed by atoms with van der Waals surface area (Å²) in [5, 5.41) is 8.22. The Kier molecular flexibility index (Phi) is 5.65. The highest BCUT2D eigenvalue weighted by Crippen LogP contribution is 2.14. The molecule has 0 fully saturated rings. The minimum absolute atomic E-state index is 0.0698. The molecular weight excluding hydrogens is 232 g/mol. The summed E-state index contributed by atoms with van der Waals surface area (Å²) in [5.74, 6) is 0.541. The van der Waals surface area contributed by atoms with Gasteiger partial charge in [-0.25, -0.2) is 0 Å². The van der Waals surface area contributed by atoms with Gasteiger partial charge in [0.1, 0.15) is 0 Å². The molecular formula is C13H22N2OS. The van der Waals surface area contributed by atoms with E-state index in [0.29, 0.717) is 12.5 Å². The molecule has 0 spiro atoms. The fourth-order valence-electron chi connectivity index (χ4n) is 1.35. The predicted octanol–water partition coefficient (Wildman–Crippen LogP) is 2.31. The molecule has 0 aliphatic carbocycles. The van der Waals surface area contributed by atoms with Gasteiger partial charge in [0.05, 0.1) is 6.54 Å². The molecule has 0 saturated heterocycles. The van der Waals surface area contributed by atoms with Crippen LogP contribution in [0.2, 0.25) is 0 Å². The summed E-state index contributed by atoms with van der Waals surface area (Å²) >= 11 is 1.73. The molecule has 1 aromatic rings. The maximum atomic E-state index is 11.6. The van der Waals surface area contributed by atoms with E-state index in [2.05, 4.69) is 42.9 Å². The van der Waals surface area contributed by atoms with Crippen LogP contribution < -0.4 is 10.6 Å². The van der Waals surface area contributed by atoms with Gasteiger partial charge in [-0.1, -0.05) is 13.8 Å². The van der Waals surface area contributed by atoms with E-state index in [4.69, 9.17) is 0 Å². The summed E-state index contributed by atoms with van der Waals surface area (Å²) in [6.45, 7) is 9.49. The summed E-state index contributed by atoms with van der Waals surface area (Å²) in [6, 6.07) is 2.33. The van der Waals surface area contributed by atoms with Crippen LogP contribution in [-0.4, -0.2) is 18.5 Å². The Morgan fingerprint density at radius 1 is 1.41 bits per heavy atom. The van der Waals surface area contributed by atoms with Gasteiger partial charge in [0.15, 0.2) is 0 Å². The first-order valence-electron chi connectivity index (χ1n) is 6.03. The van der Waals surface area contributed by atoms with Crippen molar-refractivity contribution in [1.82, 2.24) is 10.6 Å². The fourth-order valence-corrected chi connectivity index (χ4v) is 2.22. The molecule has 0 saturated carbocycles. The number of hydrogen-bond acceptors (Lipinski definition) is 3. The van der Waals surface area contributed by atoms with Crippen LogP contribution in [0.15, 0.2) is 11.4 Å². The van der Waals surface area contributed by atoms with E-state index in [1.54, 1.807) is 11.3 Å². The van der Waals surface area contributed by atoms with Gasteiger partial charge in [0.25, 0.3) is 0 Å². The number of carbonyl (C=O) groups excluding carboxylic acids is 1. The topological polar surface area (TPSA) is 41.1 Å². The first kappa shape index (κ1) is 14.2. The first-order chi connectivity index (χ1) is 8.00. The number of carbonyl (C=O) groups is 1. The monoisotopic (exact) mass is 254 g/mol. The lowest BCUT2D eigenvalue weighted by molar-refractivity contribution is -0.121. The first-order valence-corrected chi connectivity index (χ1v) is 6.91. The molecule has 0 radical (unpaired) electrons. The van der Waals surface area contributed by atoms with Gasteiger partial charge in [-0.3, -0.25) is 4.79 Å². The Labute approximate surface area is 108 Å². The van der Waals surface area contributed by atoms with E-state index in [9.17, 15) is 4.79 Å². The Balaban J connectivity index is 2.23. The van der Waals surface area contributed by atoms with E-state index in [1.165, 1.54) is 10.4 Å². The quantitative estimate of drug-likeness (QED) is 0.818. The summed E-state index contributed by atoms with van der Waals surface area (Å²) in [5.41, 5.74) is 1.29. The van der Waals surface area contributed by atoms with Gasteiger partial charge in [0.2, 0.25) is 5.91 Å². The summed E-state index contributed by atoms with van der Waals surface area (Å²) in [6.07, 6.45) is 0. The van der Waals surface area contributed by atoms with Crippen LogP contribution in [0.1, 0.15) is 31.2 Å². The number of amides is 1. The van der Waals surface area contributed by atoms with Gasteiger partial charge >= 0.3 is 0 Å². The van der Waals surface area contributed by atoms with E-state index in [0.717, 1.165) is 6.54 Å². The molecule has 4 heteroatoms. The SMILES string of the molecule is Cc1ccsc1CNCC(=O)NC(C)C(C)C. The van der Waals surface area contributed by atoms with Crippen molar-refractivity contribution >= 4 is 17.2 Å². The van der Waals surface area contributed by atoms with Crippen LogP contribution in [0, 0.1) is 12.8 Å². The third-order valence-corrected chi connectivity index (χ3v) is 3.95. The molecule has 2 N–H and O–H groups in total. The van der Waals surface area contributed by atoms with Crippen molar-refractivity contribution in [3.05, 3.63) is 21.9 Å². The maximum absolute atomic E-state index is 11.6. The Morgan fingerprint density at radius 3 is 2.65 bits per heavy atom. The van der Waals surface area contributed by atoms with E-state index >= 15 is 0 Å². The normalized spacial score (nSPS) is 12.8. The molecule has 0 aliphatic heterocycles. The van der Waals surface area contributed by atoms with Crippen LogP contribution in [-0.2, 0) is 11.3 Å². The van der Waals surface area contributed by atoms with Crippen LogP contribution in [0.5, 0.6) is 0 Å². The Bertz CT molecular complexity index is 360. The largest absolute Gasteiger partial charge is 0.352 e. The predicted molar refractivity (Wildman–Crippen MR) is 73.2 cm³/mol. The van der Waals surface area contributed by atoms with Crippen LogP contribution in [0.3, 0.4) is 0 Å². The summed E-state index contributed by atoms with van der Waals surface area (Å²) < 4.78 is 0. The van der Waals surface area contributed by atoms with E-state index < -0.39 is 0 Å². The number of hydrogen-bond donors (Lipinski definition) is 2. The molecule has 3 nitrogen and oxygen atoms in total. The van der Waals surface area contributed by atoms with Crippen LogP contribution in [0.25, 0.3) is 0 Å². The molecule has 96 valence electrons. The van der Waals surface area contributed by atoms with Crippen molar-refractivity contribution in [1.29, 1.82) is 0 Å². The third kappa shape index (κ3) is 4.88. The number of thiophene rings is 1. The van der Waals surface area contributed by atoms with Crippen molar-refractivity contribution in [2.75, 3.05) is 6.54 Å². The van der Waals surface area contributed by atoms with E-state index in [-0.39, 0.29) is 11.9 Å². The van der Waals surface area contributed by atoms with Gasteiger partial charge in [-0.15, -0.1) is 11.3 Å². The maximum Gasteiger partial charge on any atom is 0.234 e. The molecule has 1 unspecified atom stereocenters. The molecule has 1 rings (SSSR count). The van der Waals surface area contributed by atoms with Gasteiger partial charge < -0.3 is 10.6 Å². The summed E-state index contributed by atoms with van der Waals surface area (Å²) in [4.78, 5) is 12.9.